The van der Waals surface area contributed by atoms with Crippen molar-refractivity contribution >= 4 is 17.8 Å². The van der Waals surface area contributed by atoms with Gasteiger partial charge in [0.1, 0.15) is 11.5 Å². The first-order valence-corrected chi connectivity index (χ1v) is 10.7. The minimum absolute atomic E-state index is 0.0811. The molecule has 3 rings (SSSR count). The number of aryl methyl sites for hydroxylation is 1. The fraction of sp³-hybridized carbons (Fsp3) is 0.522. The number of carbonyl (C=O) groups is 3. The van der Waals surface area contributed by atoms with Gasteiger partial charge in [-0.25, -0.2) is 4.79 Å². The zero-order valence-corrected chi connectivity index (χ0v) is 18.7. The van der Waals surface area contributed by atoms with Crippen LogP contribution in [0.4, 0.5) is 0 Å². The van der Waals surface area contributed by atoms with Crippen molar-refractivity contribution in [2.24, 2.45) is 5.92 Å². The second kappa shape index (κ2) is 9.85. The minimum Gasteiger partial charge on any atom is -0.467 e. The molecule has 8 nitrogen and oxygen atoms in total. The molecule has 0 bridgehead atoms. The van der Waals surface area contributed by atoms with E-state index in [9.17, 15) is 14.4 Å². The lowest BCUT2D eigenvalue weighted by molar-refractivity contribution is -0.132. The third-order valence-electron chi connectivity index (χ3n) is 5.89. The van der Waals surface area contributed by atoms with Crippen LogP contribution in [0.25, 0.3) is 0 Å². The summed E-state index contributed by atoms with van der Waals surface area (Å²) in [7, 11) is 1.78. The van der Waals surface area contributed by atoms with Gasteiger partial charge in [-0.2, -0.15) is 0 Å². The van der Waals surface area contributed by atoms with Crippen molar-refractivity contribution < 1.29 is 23.5 Å². The maximum atomic E-state index is 13.1. The second-order valence-electron chi connectivity index (χ2n) is 8.11. The van der Waals surface area contributed by atoms with E-state index in [0.717, 1.165) is 18.6 Å². The van der Waals surface area contributed by atoms with Crippen LogP contribution in [0.15, 0.2) is 22.8 Å². The molecule has 1 saturated heterocycles. The molecular weight excluding hydrogens is 398 g/mol. The first kappa shape index (κ1) is 22.7. The summed E-state index contributed by atoms with van der Waals surface area (Å²) in [5.74, 6) is 0.562. The molecule has 1 aliphatic heterocycles. The number of aromatic amines is 1. The van der Waals surface area contributed by atoms with Gasteiger partial charge in [-0.1, -0.05) is 0 Å². The number of furan rings is 1. The molecule has 0 aliphatic carbocycles. The highest BCUT2D eigenvalue weighted by molar-refractivity contribution is 6.01. The number of aromatic nitrogens is 1. The molecule has 0 spiro atoms. The fourth-order valence-corrected chi connectivity index (χ4v) is 4.10. The van der Waals surface area contributed by atoms with Crippen molar-refractivity contribution in [3.63, 3.8) is 0 Å². The van der Waals surface area contributed by atoms with Crippen LogP contribution in [0.3, 0.4) is 0 Å². The standard InChI is InChI=1S/C23H31N3O5/c1-5-30-23(29)21-15(2)20(16(3)24-21)22(28)26-10-8-17(9-11-26)13-19(27)25(4)14-18-7-6-12-31-18/h6-7,12,17,24H,5,8-11,13-14H2,1-4H3. The van der Waals surface area contributed by atoms with E-state index >= 15 is 0 Å². The van der Waals surface area contributed by atoms with E-state index in [2.05, 4.69) is 4.98 Å². The smallest absolute Gasteiger partial charge is 0.355 e. The highest BCUT2D eigenvalue weighted by atomic mass is 16.5. The molecule has 168 valence electrons. The molecular formula is C23H31N3O5. The maximum absolute atomic E-state index is 13.1. The number of H-pyrrole nitrogens is 1. The number of likely N-dealkylation sites (tertiary alicyclic amines) is 1. The van der Waals surface area contributed by atoms with Crippen molar-refractivity contribution in [1.29, 1.82) is 0 Å². The molecule has 0 aromatic carbocycles. The Morgan fingerprint density at radius 2 is 1.97 bits per heavy atom. The van der Waals surface area contributed by atoms with Crippen molar-refractivity contribution in [1.82, 2.24) is 14.8 Å². The van der Waals surface area contributed by atoms with E-state index in [1.165, 1.54) is 0 Å². The number of amides is 2. The monoisotopic (exact) mass is 429 g/mol. The van der Waals surface area contributed by atoms with E-state index < -0.39 is 5.97 Å². The molecule has 3 heterocycles. The average Bonchev–Trinajstić information content (AvgIpc) is 3.35. The van der Waals surface area contributed by atoms with Gasteiger partial charge >= 0.3 is 5.97 Å². The SMILES string of the molecule is CCOC(=O)c1[nH]c(C)c(C(=O)N2CCC(CC(=O)N(C)Cc3ccco3)CC2)c1C. The fourth-order valence-electron chi connectivity index (χ4n) is 4.10. The van der Waals surface area contributed by atoms with Crippen LogP contribution in [-0.2, 0) is 16.1 Å². The topological polar surface area (TPSA) is 95.8 Å². The third kappa shape index (κ3) is 5.18. The van der Waals surface area contributed by atoms with Crippen molar-refractivity contribution in [3.05, 3.63) is 46.7 Å². The summed E-state index contributed by atoms with van der Waals surface area (Å²) in [5.41, 5.74) is 2.17. The summed E-state index contributed by atoms with van der Waals surface area (Å²) in [4.78, 5) is 44.3. The Balaban J connectivity index is 1.55. The van der Waals surface area contributed by atoms with E-state index in [0.29, 0.717) is 48.6 Å². The Morgan fingerprint density at radius 1 is 1.26 bits per heavy atom. The number of carbonyl (C=O) groups excluding carboxylic acids is 3. The van der Waals surface area contributed by atoms with E-state index in [4.69, 9.17) is 9.15 Å². The molecule has 0 saturated carbocycles. The summed E-state index contributed by atoms with van der Waals surface area (Å²) in [6.45, 7) is 7.24. The number of hydrogen-bond donors (Lipinski definition) is 1. The van der Waals surface area contributed by atoms with Gasteiger partial charge in [-0.3, -0.25) is 9.59 Å². The van der Waals surface area contributed by atoms with Crippen molar-refractivity contribution in [2.75, 3.05) is 26.7 Å². The minimum atomic E-state index is -0.446. The van der Waals surface area contributed by atoms with E-state index in [1.807, 2.05) is 17.0 Å². The lowest BCUT2D eigenvalue weighted by Gasteiger charge is -2.32. The van der Waals surface area contributed by atoms with Gasteiger partial charge < -0.3 is 23.9 Å². The van der Waals surface area contributed by atoms with Crippen LogP contribution in [0.1, 0.15) is 64.1 Å². The Labute approximate surface area is 182 Å². The van der Waals surface area contributed by atoms with Crippen LogP contribution >= 0.6 is 0 Å². The maximum Gasteiger partial charge on any atom is 0.355 e. The van der Waals surface area contributed by atoms with E-state index in [1.54, 1.807) is 39.0 Å². The van der Waals surface area contributed by atoms with Crippen LogP contribution < -0.4 is 0 Å². The summed E-state index contributed by atoms with van der Waals surface area (Å²) in [5, 5.41) is 0. The first-order valence-electron chi connectivity index (χ1n) is 10.7. The van der Waals surface area contributed by atoms with Gasteiger partial charge in [-0.15, -0.1) is 0 Å². The summed E-state index contributed by atoms with van der Waals surface area (Å²) in [6, 6.07) is 3.66. The molecule has 2 aromatic heterocycles. The predicted molar refractivity (Wildman–Crippen MR) is 115 cm³/mol. The number of nitrogens with one attached hydrogen (secondary N) is 1. The van der Waals surface area contributed by atoms with E-state index in [-0.39, 0.29) is 24.3 Å². The zero-order valence-electron chi connectivity index (χ0n) is 18.7. The molecule has 0 radical (unpaired) electrons. The highest BCUT2D eigenvalue weighted by Gasteiger charge is 2.30. The Hall–Kier alpha value is -3.03. The Bertz CT molecular complexity index is 923. The summed E-state index contributed by atoms with van der Waals surface area (Å²) < 4.78 is 10.4. The molecule has 2 amide bonds. The average molecular weight is 430 g/mol. The first-order chi connectivity index (χ1) is 14.8. The summed E-state index contributed by atoms with van der Waals surface area (Å²) in [6.07, 6.45) is 3.62. The molecule has 31 heavy (non-hydrogen) atoms. The van der Waals surface area contributed by atoms with Crippen LogP contribution in [0.2, 0.25) is 0 Å². The zero-order chi connectivity index (χ0) is 22.5. The Kier molecular flexibility index (Phi) is 7.20. The molecule has 0 atom stereocenters. The predicted octanol–water partition coefficient (Wildman–Crippen LogP) is 3.30. The van der Waals surface area contributed by atoms with Crippen LogP contribution in [0.5, 0.6) is 0 Å². The Morgan fingerprint density at radius 3 is 2.58 bits per heavy atom. The number of ether oxygens (including phenoxy) is 1. The quantitative estimate of drug-likeness (QED) is 0.682. The molecule has 1 aliphatic rings. The number of piperidine rings is 1. The molecule has 2 aromatic rings. The van der Waals surface area contributed by atoms with Gasteiger partial charge in [0.05, 0.1) is 25.0 Å². The normalized spacial score (nSPS) is 14.5. The van der Waals surface area contributed by atoms with Gasteiger partial charge in [0.15, 0.2) is 0 Å². The molecule has 8 heteroatoms. The molecule has 1 N–H and O–H groups in total. The van der Waals surface area contributed by atoms with Gasteiger partial charge in [0, 0.05) is 32.3 Å². The summed E-state index contributed by atoms with van der Waals surface area (Å²) >= 11 is 0. The van der Waals surface area contributed by atoms with Gasteiger partial charge in [0.2, 0.25) is 5.91 Å². The number of esters is 1. The molecule has 1 fully saturated rings. The number of nitrogens with zero attached hydrogens (tertiary/aromatic N) is 2. The van der Waals surface area contributed by atoms with Crippen LogP contribution in [-0.4, -0.2) is 59.3 Å². The second-order valence-corrected chi connectivity index (χ2v) is 8.11. The van der Waals surface area contributed by atoms with Crippen LogP contribution in [0, 0.1) is 19.8 Å². The van der Waals surface area contributed by atoms with Gasteiger partial charge in [-0.05, 0) is 57.2 Å². The van der Waals surface area contributed by atoms with Crippen molar-refractivity contribution in [2.45, 2.75) is 46.6 Å². The lowest BCUT2D eigenvalue weighted by Crippen LogP contribution is -2.40. The van der Waals surface area contributed by atoms with Gasteiger partial charge in [0.25, 0.3) is 5.91 Å². The largest absolute Gasteiger partial charge is 0.467 e. The van der Waals surface area contributed by atoms with Crippen molar-refractivity contribution in [3.8, 4) is 0 Å². The third-order valence-corrected chi connectivity index (χ3v) is 5.89. The number of hydrogen-bond acceptors (Lipinski definition) is 5. The highest BCUT2D eigenvalue weighted by Crippen LogP contribution is 2.26. The number of rotatable bonds is 7. The lowest BCUT2D eigenvalue weighted by atomic mass is 9.92. The molecule has 0 unspecified atom stereocenters.